The lowest BCUT2D eigenvalue weighted by Crippen LogP contribution is -2.40. The molecule has 6 nitrogen and oxygen atoms in total. The van der Waals surface area contributed by atoms with Crippen LogP contribution in [0.2, 0.25) is 0 Å². The van der Waals surface area contributed by atoms with Gasteiger partial charge in [0.15, 0.2) is 0 Å². The van der Waals surface area contributed by atoms with Crippen molar-refractivity contribution in [3.8, 4) is 6.07 Å². The van der Waals surface area contributed by atoms with Crippen molar-refractivity contribution in [1.82, 2.24) is 4.90 Å². The van der Waals surface area contributed by atoms with E-state index in [1.54, 1.807) is 13.8 Å². The van der Waals surface area contributed by atoms with Crippen LogP contribution in [0.15, 0.2) is 4.42 Å². The number of carbonyl (C=O) groups is 1. The number of alkyl halides is 3. The van der Waals surface area contributed by atoms with E-state index < -0.39 is 25.2 Å². The molecule has 0 saturated heterocycles. The van der Waals surface area contributed by atoms with Crippen LogP contribution in [-0.4, -0.2) is 48.3 Å². The molecule has 0 fully saturated rings. The molecule has 1 aromatic rings. The van der Waals surface area contributed by atoms with Gasteiger partial charge in [-0.15, -0.1) is 0 Å². The van der Waals surface area contributed by atoms with Gasteiger partial charge in [-0.05, 0) is 20.3 Å². The topological polar surface area (TPSA) is 89.5 Å². The number of aliphatic hydroxyl groups is 1. The van der Waals surface area contributed by atoms with Gasteiger partial charge < -0.3 is 9.52 Å². The first-order chi connectivity index (χ1) is 10.7. The third-order valence-electron chi connectivity index (χ3n) is 3.15. The molecule has 0 bridgehead atoms. The second-order valence-corrected chi connectivity index (χ2v) is 5.05. The molecule has 0 atom stereocenters. The number of nitriles is 1. The fourth-order valence-corrected chi connectivity index (χ4v) is 1.98. The highest BCUT2D eigenvalue weighted by atomic mass is 19.4. The van der Waals surface area contributed by atoms with E-state index in [1.165, 1.54) is 0 Å². The smallest absolute Gasteiger partial charge is 0.401 e. The fourth-order valence-electron chi connectivity index (χ4n) is 1.98. The van der Waals surface area contributed by atoms with Crippen molar-refractivity contribution in [2.24, 2.45) is 0 Å². The van der Waals surface area contributed by atoms with Crippen LogP contribution in [0.3, 0.4) is 0 Å². The third-order valence-corrected chi connectivity index (χ3v) is 3.15. The molecule has 0 unspecified atom stereocenters. The number of anilines is 1. The monoisotopic (exact) mass is 333 g/mol. The lowest BCUT2D eigenvalue weighted by Gasteiger charge is -2.22. The van der Waals surface area contributed by atoms with Crippen molar-refractivity contribution in [3.63, 3.8) is 0 Å². The Morgan fingerprint density at radius 1 is 1.43 bits per heavy atom. The first-order valence-corrected chi connectivity index (χ1v) is 6.87. The second-order valence-electron chi connectivity index (χ2n) is 5.05. The maximum Gasteiger partial charge on any atom is 0.401 e. The summed E-state index contributed by atoms with van der Waals surface area (Å²) in [6, 6.07) is 1.88. The standard InChI is InChI=1S/C14H18F3N3O3/c1-9-10(2)23-13(11(9)6-18)19-12(22)7-20(4-3-5-21)8-14(15,16)17/h21H,3-5,7-8H2,1-2H3,(H,19,22). The largest absolute Gasteiger partial charge is 0.444 e. The molecular weight excluding hydrogens is 315 g/mol. The molecule has 0 aliphatic rings. The molecule has 1 aromatic heterocycles. The van der Waals surface area contributed by atoms with E-state index in [2.05, 4.69) is 5.32 Å². The van der Waals surface area contributed by atoms with E-state index in [0.717, 1.165) is 4.90 Å². The van der Waals surface area contributed by atoms with Crippen LogP contribution in [-0.2, 0) is 4.79 Å². The minimum Gasteiger partial charge on any atom is -0.444 e. The van der Waals surface area contributed by atoms with E-state index in [9.17, 15) is 18.0 Å². The first kappa shape index (κ1) is 19.0. The molecular formula is C14H18F3N3O3. The zero-order chi connectivity index (χ0) is 17.6. The predicted molar refractivity (Wildman–Crippen MR) is 75.7 cm³/mol. The van der Waals surface area contributed by atoms with Gasteiger partial charge in [-0.25, -0.2) is 0 Å². The van der Waals surface area contributed by atoms with Crippen molar-refractivity contribution < 1.29 is 27.5 Å². The molecule has 1 heterocycles. The molecule has 128 valence electrons. The van der Waals surface area contributed by atoms with Gasteiger partial charge in [0.05, 0.1) is 13.1 Å². The molecule has 0 aliphatic carbocycles. The Morgan fingerprint density at radius 3 is 2.61 bits per heavy atom. The zero-order valence-electron chi connectivity index (χ0n) is 12.8. The Morgan fingerprint density at radius 2 is 2.09 bits per heavy atom. The summed E-state index contributed by atoms with van der Waals surface area (Å²) >= 11 is 0. The number of amides is 1. The van der Waals surface area contributed by atoms with Gasteiger partial charge in [0.1, 0.15) is 17.4 Å². The van der Waals surface area contributed by atoms with Crippen LogP contribution in [0.4, 0.5) is 19.1 Å². The molecule has 1 rings (SSSR count). The minimum absolute atomic E-state index is 0.0679. The van der Waals surface area contributed by atoms with Crippen LogP contribution in [0.1, 0.15) is 23.3 Å². The number of aryl methyl sites for hydroxylation is 1. The van der Waals surface area contributed by atoms with Crippen LogP contribution in [0, 0.1) is 25.2 Å². The normalized spacial score (nSPS) is 11.6. The van der Waals surface area contributed by atoms with Gasteiger partial charge in [0, 0.05) is 18.7 Å². The molecule has 23 heavy (non-hydrogen) atoms. The third kappa shape index (κ3) is 5.92. The molecule has 0 radical (unpaired) electrons. The number of hydrogen-bond donors (Lipinski definition) is 2. The molecule has 0 spiro atoms. The maximum atomic E-state index is 12.5. The molecule has 1 amide bonds. The van der Waals surface area contributed by atoms with E-state index in [1.807, 2.05) is 6.07 Å². The number of nitrogens with zero attached hydrogens (tertiary/aromatic N) is 2. The lowest BCUT2D eigenvalue weighted by molar-refractivity contribution is -0.148. The number of carbonyl (C=O) groups excluding carboxylic acids is 1. The average molecular weight is 333 g/mol. The fraction of sp³-hybridized carbons (Fsp3) is 0.571. The summed E-state index contributed by atoms with van der Waals surface area (Å²) in [6.45, 7) is 1.12. The number of rotatable bonds is 7. The Hall–Kier alpha value is -2.05. The van der Waals surface area contributed by atoms with E-state index >= 15 is 0 Å². The first-order valence-electron chi connectivity index (χ1n) is 6.87. The van der Waals surface area contributed by atoms with E-state index in [0.29, 0.717) is 11.3 Å². The Bertz CT molecular complexity index is 591. The van der Waals surface area contributed by atoms with Crippen LogP contribution >= 0.6 is 0 Å². The number of nitrogens with one attached hydrogen (secondary N) is 1. The Labute approximate surface area is 131 Å². The van der Waals surface area contributed by atoms with Gasteiger partial charge in [0.25, 0.3) is 0 Å². The van der Waals surface area contributed by atoms with Gasteiger partial charge >= 0.3 is 6.18 Å². The van der Waals surface area contributed by atoms with Crippen LogP contribution in [0.5, 0.6) is 0 Å². The van der Waals surface area contributed by atoms with Crippen LogP contribution in [0.25, 0.3) is 0 Å². The highest BCUT2D eigenvalue weighted by molar-refractivity contribution is 5.92. The average Bonchev–Trinajstić information content (AvgIpc) is 2.68. The van der Waals surface area contributed by atoms with E-state index in [4.69, 9.17) is 14.8 Å². The maximum absolute atomic E-state index is 12.5. The number of aliphatic hydroxyl groups excluding tert-OH is 1. The van der Waals surface area contributed by atoms with E-state index in [-0.39, 0.29) is 31.0 Å². The summed E-state index contributed by atoms with van der Waals surface area (Å²) in [5, 5.41) is 20.1. The lowest BCUT2D eigenvalue weighted by atomic mass is 10.2. The summed E-state index contributed by atoms with van der Waals surface area (Å²) in [7, 11) is 0. The SMILES string of the molecule is Cc1oc(NC(=O)CN(CCCO)CC(F)(F)F)c(C#N)c1C. The van der Waals surface area contributed by atoms with Crippen molar-refractivity contribution in [2.45, 2.75) is 26.4 Å². The van der Waals surface area contributed by atoms with Crippen molar-refractivity contribution in [3.05, 3.63) is 16.9 Å². The van der Waals surface area contributed by atoms with Gasteiger partial charge in [0.2, 0.25) is 11.8 Å². The number of furan rings is 1. The zero-order valence-corrected chi connectivity index (χ0v) is 12.8. The Balaban J connectivity index is 2.76. The summed E-state index contributed by atoms with van der Waals surface area (Å²) < 4.78 is 42.7. The van der Waals surface area contributed by atoms with Gasteiger partial charge in [-0.1, -0.05) is 0 Å². The summed E-state index contributed by atoms with van der Waals surface area (Å²) in [5.41, 5.74) is 0.712. The quantitative estimate of drug-likeness (QED) is 0.796. The van der Waals surface area contributed by atoms with Gasteiger partial charge in [-0.3, -0.25) is 15.0 Å². The highest BCUT2D eigenvalue weighted by Gasteiger charge is 2.31. The van der Waals surface area contributed by atoms with Crippen molar-refractivity contribution in [1.29, 1.82) is 5.26 Å². The summed E-state index contributed by atoms with van der Waals surface area (Å²) in [5.74, 6) is -0.344. The highest BCUT2D eigenvalue weighted by Crippen LogP contribution is 2.25. The summed E-state index contributed by atoms with van der Waals surface area (Å²) in [4.78, 5) is 12.8. The molecule has 0 aromatic carbocycles. The van der Waals surface area contributed by atoms with Gasteiger partial charge in [-0.2, -0.15) is 18.4 Å². The number of hydrogen-bond acceptors (Lipinski definition) is 5. The minimum atomic E-state index is -4.45. The molecule has 2 N–H and O–H groups in total. The molecule has 9 heteroatoms. The summed E-state index contributed by atoms with van der Waals surface area (Å²) in [6.07, 6.45) is -4.34. The number of halogens is 3. The predicted octanol–water partition coefficient (Wildman–Crippen LogP) is 1.95. The molecule has 0 aliphatic heterocycles. The molecule has 0 saturated carbocycles. The van der Waals surface area contributed by atoms with Crippen LogP contribution < -0.4 is 5.32 Å². The second kappa shape index (κ2) is 7.99. The Kier molecular flexibility index (Phi) is 6.60. The van der Waals surface area contributed by atoms with Crippen molar-refractivity contribution >= 4 is 11.8 Å². The van der Waals surface area contributed by atoms with Crippen molar-refractivity contribution in [2.75, 3.05) is 31.6 Å².